The van der Waals surface area contributed by atoms with Crippen LogP contribution in [0, 0.1) is 5.92 Å². The maximum Gasteiger partial charge on any atom is 0.305 e. The molecular weight excluding hydrogens is 388 g/mol. The molecule has 1 aromatic rings. The lowest BCUT2D eigenvalue weighted by atomic mass is 9.95. The number of hydrogen-bond acceptors (Lipinski definition) is 6. The number of esters is 1. The largest absolute Gasteiger partial charge is 0.497 e. The number of nitrogens with one attached hydrogen (secondary N) is 1. The zero-order valence-corrected chi connectivity index (χ0v) is 18.1. The molecule has 8 heteroatoms. The Hall–Kier alpha value is -2.77. The van der Waals surface area contributed by atoms with Gasteiger partial charge in [0.1, 0.15) is 11.5 Å². The van der Waals surface area contributed by atoms with Crippen LogP contribution in [0.25, 0.3) is 0 Å². The number of carbonyl (C=O) groups is 3. The summed E-state index contributed by atoms with van der Waals surface area (Å²) in [5, 5.41) is 2.97. The van der Waals surface area contributed by atoms with E-state index in [2.05, 4.69) is 10.1 Å². The SMILES string of the molecule is COC(=O)CCCCCNC(=O)C1CCN(C(=O)c2cc(OC)cc(OC)c2)CC1. The number of nitrogens with zero attached hydrogens (tertiary/aromatic N) is 1. The van der Waals surface area contributed by atoms with Crippen LogP contribution in [-0.4, -0.2) is 63.6 Å². The van der Waals surface area contributed by atoms with Crippen LogP contribution in [0.5, 0.6) is 11.5 Å². The van der Waals surface area contributed by atoms with Crippen LogP contribution in [-0.2, 0) is 14.3 Å². The third-order valence-electron chi connectivity index (χ3n) is 5.34. The number of methoxy groups -OCH3 is 3. The molecule has 2 rings (SSSR count). The second kappa shape index (κ2) is 12.0. The van der Waals surface area contributed by atoms with Crippen LogP contribution >= 0.6 is 0 Å². The summed E-state index contributed by atoms with van der Waals surface area (Å²) in [4.78, 5) is 38.0. The Labute approximate surface area is 177 Å². The third kappa shape index (κ3) is 6.93. The van der Waals surface area contributed by atoms with E-state index in [-0.39, 0.29) is 23.7 Å². The van der Waals surface area contributed by atoms with Crippen molar-refractivity contribution in [3.05, 3.63) is 23.8 Å². The monoisotopic (exact) mass is 420 g/mol. The highest BCUT2D eigenvalue weighted by atomic mass is 16.5. The van der Waals surface area contributed by atoms with E-state index in [0.29, 0.717) is 56.0 Å². The predicted molar refractivity (Wildman–Crippen MR) is 112 cm³/mol. The number of benzene rings is 1. The molecule has 30 heavy (non-hydrogen) atoms. The van der Waals surface area contributed by atoms with Crippen LogP contribution in [0.4, 0.5) is 0 Å². The summed E-state index contributed by atoms with van der Waals surface area (Å²) in [6, 6.07) is 5.12. The standard InChI is InChI=1S/C22H32N2O6/c1-28-18-13-17(14-19(15-18)29-2)22(27)24-11-8-16(9-12-24)21(26)23-10-6-4-5-7-20(25)30-3/h13-16H,4-12H2,1-3H3,(H,23,26). The fraction of sp³-hybridized carbons (Fsp3) is 0.591. The highest BCUT2D eigenvalue weighted by Gasteiger charge is 2.28. The van der Waals surface area contributed by atoms with Crippen molar-refractivity contribution in [3.63, 3.8) is 0 Å². The number of carbonyl (C=O) groups excluding carboxylic acids is 3. The molecule has 1 saturated heterocycles. The number of piperidine rings is 1. The van der Waals surface area contributed by atoms with Crippen LogP contribution < -0.4 is 14.8 Å². The fourth-order valence-corrected chi connectivity index (χ4v) is 3.49. The molecule has 2 amide bonds. The van der Waals surface area contributed by atoms with Gasteiger partial charge in [-0.2, -0.15) is 0 Å². The Morgan fingerprint density at radius 2 is 1.60 bits per heavy atom. The Kier molecular flexibility index (Phi) is 9.44. The minimum absolute atomic E-state index is 0.0399. The molecule has 1 fully saturated rings. The molecule has 1 aliphatic rings. The molecule has 0 aliphatic carbocycles. The van der Waals surface area contributed by atoms with Gasteiger partial charge in [0.2, 0.25) is 5.91 Å². The van der Waals surface area contributed by atoms with Crippen LogP contribution in [0.3, 0.4) is 0 Å². The lowest BCUT2D eigenvalue weighted by molar-refractivity contribution is -0.140. The van der Waals surface area contributed by atoms with Crippen molar-refractivity contribution >= 4 is 17.8 Å². The summed E-state index contributed by atoms with van der Waals surface area (Å²) in [6.07, 6.45) is 4.15. The number of likely N-dealkylation sites (tertiary alicyclic amines) is 1. The maximum absolute atomic E-state index is 12.8. The van der Waals surface area contributed by atoms with Gasteiger partial charge in [0, 0.05) is 43.6 Å². The highest BCUT2D eigenvalue weighted by molar-refractivity contribution is 5.95. The molecule has 0 unspecified atom stereocenters. The van der Waals surface area contributed by atoms with Gasteiger partial charge in [0.25, 0.3) is 5.91 Å². The third-order valence-corrected chi connectivity index (χ3v) is 5.34. The zero-order chi connectivity index (χ0) is 21.9. The van der Waals surface area contributed by atoms with E-state index in [0.717, 1.165) is 19.3 Å². The molecular formula is C22H32N2O6. The number of unbranched alkanes of at least 4 members (excludes halogenated alkanes) is 2. The van der Waals surface area contributed by atoms with Crippen molar-refractivity contribution < 1.29 is 28.6 Å². The first-order valence-corrected chi connectivity index (χ1v) is 10.3. The number of amides is 2. The van der Waals surface area contributed by atoms with Crippen LogP contribution in [0.2, 0.25) is 0 Å². The highest BCUT2D eigenvalue weighted by Crippen LogP contribution is 2.25. The van der Waals surface area contributed by atoms with Crippen molar-refractivity contribution in [1.29, 1.82) is 0 Å². The summed E-state index contributed by atoms with van der Waals surface area (Å²) in [5.41, 5.74) is 0.515. The van der Waals surface area contributed by atoms with E-state index in [1.54, 1.807) is 37.3 Å². The normalized spacial score (nSPS) is 14.2. The van der Waals surface area contributed by atoms with Gasteiger partial charge in [-0.3, -0.25) is 14.4 Å². The van der Waals surface area contributed by atoms with E-state index < -0.39 is 0 Å². The Morgan fingerprint density at radius 1 is 0.967 bits per heavy atom. The summed E-state index contributed by atoms with van der Waals surface area (Å²) >= 11 is 0. The van der Waals surface area contributed by atoms with Crippen molar-refractivity contribution in [3.8, 4) is 11.5 Å². The molecule has 0 atom stereocenters. The molecule has 1 N–H and O–H groups in total. The molecule has 1 aromatic carbocycles. The van der Waals surface area contributed by atoms with Gasteiger partial charge in [-0.25, -0.2) is 0 Å². The number of hydrogen-bond donors (Lipinski definition) is 1. The average molecular weight is 421 g/mol. The van der Waals surface area contributed by atoms with Crippen molar-refractivity contribution in [2.75, 3.05) is 41.0 Å². The van der Waals surface area contributed by atoms with E-state index in [1.165, 1.54) is 7.11 Å². The minimum atomic E-state index is -0.201. The van der Waals surface area contributed by atoms with Crippen molar-refractivity contribution in [2.45, 2.75) is 38.5 Å². The van der Waals surface area contributed by atoms with Gasteiger partial charge in [0.15, 0.2) is 0 Å². The first-order chi connectivity index (χ1) is 14.5. The second-order valence-electron chi connectivity index (χ2n) is 7.35. The molecule has 166 valence electrons. The second-order valence-corrected chi connectivity index (χ2v) is 7.35. The van der Waals surface area contributed by atoms with Crippen LogP contribution in [0.1, 0.15) is 48.9 Å². The molecule has 8 nitrogen and oxygen atoms in total. The topological polar surface area (TPSA) is 94.2 Å². The smallest absolute Gasteiger partial charge is 0.305 e. The van der Waals surface area contributed by atoms with E-state index in [4.69, 9.17) is 9.47 Å². The average Bonchev–Trinajstić information content (AvgIpc) is 2.79. The van der Waals surface area contributed by atoms with Gasteiger partial charge in [-0.15, -0.1) is 0 Å². The quantitative estimate of drug-likeness (QED) is 0.461. The molecule has 0 radical (unpaired) electrons. The number of rotatable bonds is 10. The lowest BCUT2D eigenvalue weighted by Gasteiger charge is -2.31. The molecule has 0 bridgehead atoms. The summed E-state index contributed by atoms with van der Waals surface area (Å²) in [6.45, 7) is 1.67. The minimum Gasteiger partial charge on any atom is -0.497 e. The Morgan fingerprint density at radius 3 is 2.17 bits per heavy atom. The van der Waals surface area contributed by atoms with Crippen molar-refractivity contribution in [2.24, 2.45) is 5.92 Å². The summed E-state index contributed by atoms with van der Waals surface area (Å²) < 4.78 is 15.1. The predicted octanol–water partition coefficient (Wildman–Crippen LogP) is 2.41. The fourth-order valence-electron chi connectivity index (χ4n) is 3.49. The van der Waals surface area contributed by atoms with E-state index in [9.17, 15) is 14.4 Å². The first-order valence-electron chi connectivity index (χ1n) is 10.3. The van der Waals surface area contributed by atoms with Gasteiger partial charge >= 0.3 is 5.97 Å². The number of ether oxygens (including phenoxy) is 3. The van der Waals surface area contributed by atoms with E-state index in [1.807, 2.05) is 0 Å². The van der Waals surface area contributed by atoms with Crippen LogP contribution in [0.15, 0.2) is 18.2 Å². The van der Waals surface area contributed by atoms with Gasteiger partial charge in [-0.1, -0.05) is 6.42 Å². The Bertz CT molecular complexity index is 706. The van der Waals surface area contributed by atoms with Gasteiger partial charge in [0.05, 0.1) is 21.3 Å². The molecule has 1 heterocycles. The molecule has 0 spiro atoms. The van der Waals surface area contributed by atoms with Gasteiger partial charge < -0.3 is 24.4 Å². The summed E-state index contributed by atoms with van der Waals surface area (Å²) in [7, 11) is 4.48. The van der Waals surface area contributed by atoms with Gasteiger partial charge in [-0.05, 0) is 37.8 Å². The van der Waals surface area contributed by atoms with E-state index >= 15 is 0 Å². The molecule has 0 aromatic heterocycles. The lowest BCUT2D eigenvalue weighted by Crippen LogP contribution is -2.43. The zero-order valence-electron chi connectivity index (χ0n) is 18.1. The molecule has 1 aliphatic heterocycles. The first kappa shape index (κ1) is 23.5. The summed E-state index contributed by atoms with van der Waals surface area (Å²) in [5.74, 6) is 0.809. The molecule has 0 saturated carbocycles. The van der Waals surface area contributed by atoms with Crippen molar-refractivity contribution in [1.82, 2.24) is 10.2 Å². The Balaban J connectivity index is 1.74. The maximum atomic E-state index is 12.8.